The lowest BCUT2D eigenvalue weighted by Gasteiger charge is -2.28. The Labute approximate surface area is 168 Å². The summed E-state index contributed by atoms with van der Waals surface area (Å²) in [6.07, 6.45) is 4.85. The highest BCUT2D eigenvalue weighted by Crippen LogP contribution is 2.20. The normalized spacial score (nSPS) is 13.6. The molecule has 1 aromatic rings. The Morgan fingerprint density at radius 3 is 2.21 bits per heavy atom. The SMILES string of the molecule is C=CCC1Cn2cc(C(=O)OC)c(=O)c(OC)c2C(=O)N1.CC.CC.CCC. The zero-order valence-corrected chi connectivity index (χ0v) is 18.5. The van der Waals surface area contributed by atoms with Crippen LogP contribution in [0.25, 0.3) is 0 Å². The second-order valence-corrected chi connectivity index (χ2v) is 5.30. The van der Waals surface area contributed by atoms with E-state index in [1.807, 2.05) is 27.7 Å². The number of nitrogens with zero attached hydrogens (tertiary/aromatic N) is 1. The molecule has 1 aliphatic heterocycles. The van der Waals surface area contributed by atoms with Gasteiger partial charge in [-0.05, 0) is 6.42 Å². The fourth-order valence-corrected chi connectivity index (χ4v) is 2.33. The molecule has 1 aromatic heterocycles. The van der Waals surface area contributed by atoms with Crippen molar-refractivity contribution in [3.05, 3.63) is 40.3 Å². The maximum Gasteiger partial charge on any atom is 0.343 e. The third kappa shape index (κ3) is 7.21. The number of carbonyl (C=O) groups excluding carboxylic acids is 2. The molecule has 0 spiro atoms. The molecule has 0 aliphatic carbocycles. The van der Waals surface area contributed by atoms with Gasteiger partial charge in [-0.25, -0.2) is 4.79 Å². The van der Waals surface area contributed by atoms with E-state index in [9.17, 15) is 14.4 Å². The lowest BCUT2D eigenvalue weighted by atomic mass is 10.1. The number of nitrogens with one attached hydrogen (secondary N) is 1. The summed E-state index contributed by atoms with van der Waals surface area (Å²) in [7, 11) is 2.47. The van der Waals surface area contributed by atoms with Crippen LogP contribution < -0.4 is 15.5 Å². The number of carbonyl (C=O) groups is 2. The van der Waals surface area contributed by atoms with Crippen molar-refractivity contribution in [1.29, 1.82) is 0 Å². The maximum atomic E-state index is 12.2. The summed E-state index contributed by atoms with van der Waals surface area (Å²) >= 11 is 0. The number of esters is 1. The number of ether oxygens (including phenoxy) is 2. The third-order valence-corrected chi connectivity index (χ3v) is 3.27. The molecule has 160 valence electrons. The third-order valence-electron chi connectivity index (χ3n) is 3.27. The van der Waals surface area contributed by atoms with Crippen LogP contribution in [0, 0.1) is 0 Å². The number of pyridine rings is 1. The van der Waals surface area contributed by atoms with E-state index in [4.69, 9.17) is 4.74 Å². The molecule has 2 rings (SSSR count). The van der Waals surface area contributed by atoms with Gasteiger partial charge < -0.3 is 19.4 Å². The standard InChI is InChI=1S/C14H16N2O5.C3H8.2C2H6/c1-4-5-8-6-16-7-9(14(19)21-3)11(17)12(20-2)10(16)13(18)15-8;1-3-2;2*1-2/h4,7-8H,1,5-6H2,2-3H3,(H,15,18);3H2,1-2H3;2*1-2H3. The highest BCUT2D eigenvalue weighted by molar-refractivity contribution is 5.98. The first-order valence-corrected chi connectivity index (χ1v) is 9.76. The van der Waals surface area contributed by atoms with Gasteiger partial charge in [0.25, 0.3) is 5.91 Å². The summed E-state index contributed by atoms with van der Waals surface area (Å²) in [6, 6.07) is -0.153. The van der Waals surface area contributed by atoms with Crippen LogP contribution in [0.3, 0.4) is 0 Å². The van der Waals surface area contributed by atoms with Gasteiger partial charge in [0.15, 0.2) is 11.4 Å². The van der Waals surface area contributed by atoms with Gasteiger partial charge in [0, 0.05) is 12.7 Å². The lowest BCUT2D eigenvalue weighted by Crippen LogP contribution is -2.46. The highest BCUT2D eigenvalue weighted by Gasteiger charge is 2.30. The van der Waals surface area contributed by atoms with Gasteiger partial charge in [0.1, 0.15) is 5.56 Å². The highest BCUT2D eigenvalue weighted by atomic mass is 16.5. The predicted molar refractivity (Wildman–Crippen MR) is 113 cm³/mol. The van der Waals surface area contributed by atoms with Gasteiger partial charge >= 0.3 is 5.97 Å². The first kappa shape index (κ1) is 27.6. The fourth-order valence-electron chi connectivity index (χ4n) is 2.33. The Bertz CT molecular complexity index is 680. The van der Waals surface area contributed by atoms with E-state index in [2.05, 4.69) is 30.5 Å². The van der Waals surface area contributed by atoms with Crippen LogP contribution in [0.5, 0.6) is 5.75 Å². The van der Waals surface area contributed by atoms with Crippen molar-refractivity contribution in [3.8, 4) is 5.75 Å². The maximum absolute atomic E-state index is 12.2. The minimum atomic E-state index is -0.764. The molecular formula is C21H36N2O5. The molecule has 7 heteroatoms. The monoisotopic (exact) mass is 396 g/mol. The zero-order valence-electron chi connectivity index (χ0n) is 18.5. The van der Waals surface area contributed by atoms with E-state index >= 15 is 0 Å². The Morgan fingerprint density at radius 1 is 1.25 bits per heavy atom. The Morgan fingerprint density at radius 2 is 1.79 bits per heavy atom. The smallest absolute Gasteiger partial charge is 0.343 e. The lowest BCUT2D eigenvalue weighted by molar-refractivity contribution is 0.0596. The van der Waals surface area contributed by atoms with Crippen molar-refractivity contribution in [2.24, 2.45) is 0 Å². The molecule has 28 heavy (non-hydrogen) atoms. The Kier molecular flexibility index (Phi) is 15.3. The number of rotatable bonds is 4. The van der Waals surface area contributed by atoms with Crippen LogP contribution in [-0.2, 0) is 11.3 Å². The minimum Gasteiger partial charge on any atom is -0.491 e. The predicted octanol–water partition coefficient (Wildman–Crippen LogP) is 3.80. The molecule has 1 atom stereocenters. The molecule has 1 amide bonds. The van der Waals surface area contributed by atoms with Crippen LogP contribution in [0.4, 0.5) is 0 Å². The summed E-state index contributed by atoms with van der Waals surface area (Å²) in [5.41, 5.74) is -0.714. The fraction of sp³-hybridized carbons (Fsp3) is 0.571. The number of amides is 1. The Balaban J connectivity index is 0. The largest absolute Gasteiger partial charge is 0.491 e. The van der Waals surface area contributed by atoms with Gasteiger partial charge in [-0.1, -0.05) is 54.0 Å². The summed E-state index contributed by atoms with van der Waals surface area (Å²) in [6.45, 7) is 16.3. The van der Waals surface area contributed by atoms with E-state index in [0.29, 0.717) is 13.0 Å². The molecule has 0 aromatic carbocycles. The van der Waals surface area contributed by atoms with Gasteiger partial charge in [-0.3, -0.25) is 9.59 Å². The summed E-state index contributed by atoms with van der Waals surface area (Å²) in [5, 5.41) is 2.77. The second-order valence-electron chi connectivity index (χ2n) is 5.30. The second kappa shape index (κ2) is 15.5. The molecule has 0 fully saturated rings. The Hall–Kier alpha value is -2.57. The summed E-state index contributed by atoms with van der Waals surface area (Å²) in [4.78, 5) is 36.0. The van der Waals surface area contributed by atoms with Crippen LogP contribution in [0.2, 0.25) is 0 Å². The minimum absolute atomic E-state index is 0.107. The van der Waals surface area contributed by atoms with Crippen LogP contribution >= 0.6 is 0 Å². The number of fused-ring (bicyclic) bond motifs is 1. The number of hydrogen-bond donors (Lipinski definition) is 1. The first-order valence-electron chi connectivity index (χ1n) is 9.76. The van der Waals surface area contributed by atoms with Crippen molar-refractivity contribution >= 4 is 11.9 Å². The summed E-state index contributed by atoms with van der Waals surface area (Å²) in [5.74, 6) is -1.34. The van der Waals surface area contributed by atoms with Crippen LogP contribution in [0.15, 0.2) is 23.6 Å². The van der Waals surface area contributed by atoms with Gasteiger partial charge in [0.05, 0.1) is 20.3 Å². The average molecular weight is 397 g/mol. The molecule has 0 saturated carbocycles. The molecule has 1 unspecified atom stereocenters. The molecule has 0 saturated heterocycles. The van der Waals surface area contributed by atoms with E-state index < -0.39 is 17.3 Å². The van der Waals surface area contributed by atoms with E-state index in [1.165, 1.54) is 26.8 Å². The molecule has 0 bridgehead atoms. The van der Waals surface area contributed by atoms with Crippen molar-refractivity contribution in [2.75, 3.05) is 14.2 Å². The molecule has 0 radical (unpaired) electrons. The van der Waals surface area contributed by atoms with E-state index in [-0.39, 0.29) is 23.0 Å². The molecule has 2 heterocycles. The van der Waals surface area contributed by atoms with E-state index in [1.54, 1.807) is 10.6 Å². The van der Waals surface area contributed by atoms with Crippen molar-refractivity contribution in [3.63, 3.8) is 0 Å². The van der Waals surface area contributed by atoms with Gasteiger partial charge in [0.2, 0.25) is 5.43 Å². The topological polar surface area (TPSA) is 86.6 Å². The molecular weight excluding hydrogens is 360 g/mol. The summed E-state index contributed by atoms with van der Waals surface area (Å²) < 4.78 is 11.1. The van der Waals surface area contributed by atoms with Gasteiger partial charge in [-0.2, -0.15) is 0 Å². The molecule has 1 aliphatic rings. The zero-order chi connectivity index (χ0) is 22.3. The van der Waals surface area contributed by atoms with Crippen molar-refractivity contribution < 1.29 is 19.1 Å². The van der Waals surface area contributed by atoms with Gasteiger partial charge in [-0.15, -0.1) is 6.58 Å². The number of methoxy groups -OCH3 is 2. The quantitative estimate of drug-likeness (QED) is 0.618. The van der Waals surface area contributed by atoms with Crippen LogP contribution in [0.1, 0.15) is 75.2 Å². The first-order chi connectivity index (χ1) is 13.4. The van der Waals surface area contributed by atoms with Crippen molar-refractivity contribution in [1.82, 2.24) is 9.88 Å². The number of hydrogen-bond acceptors (Lipinski definition) is 5. The van der Waals surface area contributed by atoms with E-state index in [0.717, 1.165) is 0 Å². The van der Waals surface area contributed by atoms with Crippen molar-refractivity contribution in [2.45, 2.75) is 67.0 Å². The van der Waals surface area contributed by atoms with Crippen LogP contribution in [-0.4, -0.2) is 36.7 Å². The number of aromatic nitrogens is 1. The average Bonchev–Trinajstić information content (AvgIpc) is 2.71. The molecule has 7 nitrogen and oxygen atoms in total. The molecule has 1 N–H and O–H groups in total.